The van der Waals surface area contributed by atoms with Crippen LogP contribution in [0.5, 0.6) is 0 Å². The van der Waals surface area contributed by atoms with Crippen molar-refractivity contribution in [2.45, 2.75) is 26.9 Å². The molecule has 0 unspecified atom stereocenters. The molecular weight excluding hydrogens is 324 g/mol. The third-order valence-electron chi connectivity index (χ3n) is 3.51. The zero-order valence-electron chi connectivity index (χ0n) is 13.3. The highest BCUT2D eigenvalue weighted by Gasteiger charge is 2.31. The summed E-state index contributed by atoms with van der Waals surface area (Å²) in [6, 6.07) is 0. The molecule has 2 aromatic rings. The molecule has 9 nitrogen and oxygen atoms in total. The van der Waals surface area contributed by atoms with Crippen LogP contribution in [-0.4, -0.2) is 42.3 Å². The smallest absolute Gasteiger partial charge is 0.322 e. The Morgan fingerprint density at radius 2 is 2.17 bits per heavy atom. The number of aromatic nitrogens is 4. The lowest BCUT2D eigenvalue weighted by atomic mass is 10.2. The van der Waals surface area contributed by atoms with Crippen molar-refractivity contribution in [1.82, 2.24) is 24.5 Å². The second-order valence-corrected chi connectivity index (χ2v) is 5.49. The Balaban J connectivity index is 2.34. The largest absolute Gasteiger partial charge is 0.334 e. The van der Waals surface area contributed by atoms with E-state index in [0.717, 1.165) is 0 Å². The van der Waals surface area contributed by atoms with E-state index in [1.54, 1.807) is 11.7 Å². The lowest BCUT2D eigenvalue weighted by Gasteiger charge is -2.17. The van der Waals surface area contributed by atoms with E-state index in [1.807, 2.05) is 6.92 Å². The second kappa shape index (κ2) is 6.37. The number of hydrogen-bond donors (Lipinski definition) is 0. The Bertz CT molecular complexity index is 766. The first-order chi connectivity index (χ1) is 10.8. The van der Waals surface area contributed by atoms with Gasteiger partial charge in [-0.25, -0.2) is 0 Å². The number of carbonyl (C=O) groups excluding carboxylic acids is 1. The van der Waals surface area contributed by atoms with E-state index in [4.69, 9.17) is 11.6 Å². The maximum Gasteiger partial charge on any atom is 0.322 e. The molecule has 1 amide bonds. The van der Waals surface area contributed by atoms with Crippen molar-refractivity contribution in [3.05, 3.63) is 38.4 Å². The Morgan fingerprint density at radius 3 is 2.74 bits per heavy atom. The Morgan fingerprint density at radius 1 is 1.52 bits per heavy atom. The van der Waals surface area contributed by atoms with E-state index in [0.29, 0.717) is 17.3 Å². The van der Waals surface area contributed by atoms with E-state index in [1.165, 1.54) is 29.7 Å². The number of rotatable bonds is 5. The third-order valence-corrected chi connectivity index (χ3v) is 3.82. The predicted molar refractivity (Wildman–Crippen MR) is 83.3 cm³/mol. The van der Waals surface area contributed by atoms with Gasteiger partial charge in [0.05, 0.1) is 28.4 Å². The number of nitro groups is 1. The molecular formula is C13H17ClN6O3. The number of amides is 1. The van der Waals surface area contributed by atoms with Gasteiger partial charge in [0.15, 0.2) is 0 Å². The summed E-state index contributed by atoms with van der Waals surface area (Å²) in [4.78, 5) is 24.6. The average molecular weight is 341 g/mol. The van der Waals surface area contributed by atoms with Crippen LogP contribution in [0.1, 0.15) is 28.8 Å². The van der Waals surface area contributed by atoms with Crippen molar-refractivity contribution < 1.29 is 9.72 Å². The van der Waals surface area contributed by atoms with Crippen LogP contribution in [0.25, 0.3) is 0 Å². The zero-order valence-corrected chi connectivity index (χ0v) is 14.0. The van der Waals surface area contributed by atoms with Crippen LogP contribution in [0.2, 0.25) is 5.02 Å². The number of carbonyl (C=O) groups is 1. The minimum Gasteiger partial charge on any atom is -0.334 e. The van der Waals surface area contributed by atoms with Gasteiger partial charge >= 0.3 is 5.69 Å². The van der Waals surface area contributed by atoms with Gasteiger partial charge in [0.25, 0.3) is 5.91 Å². The first-order valence-electron chi connectivity index (χ1n) is 6.91. The minimum atomic E-state index is -0.591. The van der Waals surface area contributed by atoms with E-state index in [-0.39, 0.29) is 23.6 Å². The SMILES string of the molecule is CCn1ncc(Cl)c1CN(C)C(=O)c1c([N+](=O)[O-])c(C)nn1C. The quantitative estimate of drug-likeness (QED) is 0.610. The zero-order chi connectivity index (χ0) is 17.3. The van der Waals surface area contributed by atoms with Gasteiger partial charge in [-0.3, -0.25) is 24.3 Å². The van der Waals surface area contributed by atoms with E-state index < -0.39 is 10.8 Å². The lowest BCUT2D eigenvalue weighted by Crippen LogP contribution is -2.29. The van der Waals surface area contributed by atoms with Crippen LogP contribution in [0.15, 0.2) is 6.20 Å². The molecule has 0 saturated heterocycles. The van der Waals surface area contributed by atoms with Gasteiger partial charge in [-0.1, -0.05) is 11.6 Å². The summed E-state index contributed by atoms with van der Waals surface area (Å²) in [5, 5.41) is 19.7. The van der Waals surface area contributed by atoms with Gasteiger partial charge in [0.1, 0.15) is 5.69 Å². The summed E-state index contributed by atoms with van der Waals surface area (Å²) in [5.74, 6) is -0.500. The van der Waals surface area contributed by atoms with E-state index >= 15 is 0 Å². The van der Waals surface area contributed by atoms with Crippen molar-refractivity contribution >= 4 is 23.2 Å². The molecule has 0 aliphatic rings. The van der Waals surface area contributed by atoms with Gasteiger partial charge in [-0.15, -0.1) is 0 Å². The normalized spacial score (nSPS) is 10.8. The molecule has 23 heavy (non-hydrogen) atoms. The molecule has 2 heterocycles. The molecule has 10 heteroatoms. The molecule has 0 spiro atoms. The van der Waals surface area contributed by atoms with Gasteiger partial charge < -0.3 is 4.90 Å². The average Bonchev–Trinajstić information content (AvgIpc) is 2.98. The van der Waals surface area contributed by atoms with Crippen LogP contribution in [0.3, 0.4) is 0 Å². The molecule has 0 bridgehead atoms. The van der Waals surface area contributed by atoms with Crippen LogP contribution in [0.4, 0.5) is 5.69 Å². The molecule has 0 saturated carbocycles. The fraction of sp³-hybridized carbons (Fsp3) is 0.462. The molecule has 0 fully saturated rings. The van der Waals surface area contributed by atoms with E-state index in [2.05, 4.69) is 10.2 Å². The van der Waals surface area contributed by atoms with Crippen molar-refractivity contribution in [2.24, 2.45) is 7.05 Å². The molecule has 0 aliphatic carbocycles. The Kier molecular flexibility index (Phi) is 4.69. The fourth-order valence-corrected chi connectivity index (χ4v) is 2.60. The first kappa shape index (κ1) is 16.9. The summed E-state index contributed by atoms with van der Waals surface area (Å²) in [7, 11) is 3.06. The van der Waals surface area contributed by atoms with Gasteiger partial charge in [-0.05, 0) is 13.8 Å². The fourth-order valence-electron chi connectivity index (χ4n) is 2.40. The summed E-state index contributed by atoms with van der Waals surface area (Å²) < 4.78 is 2.90. The van der Waals surface area contributed by atoms with Crippen molar-refractivity contribution in [2.75, 3.05) is 7.05 Å². The Labute approximate surface area is 137 Å². The number of nitrogens with zero attached hydrogens (tertiary/aromatic N) is 6. The Hall–Kier alpha value is -2.42. The van der Waals surface area contributed by atoms with Gasteiger partial charge in [0, 0.05) is 20.6 Å². The standard InChI is InChI=1S/C13H17ClN6O3/c1-5-19-10(9(14)6-15-19)7-17(3)13(21)12-11(20(22)23)8(2)16-18(12)4/h6H,5,7H2,1-4H3. The summed E-state index contributed by atoms with van der Waals surface area (Å²) >= 11 is 6.09. The van der Waals surface area contributed by atoms with Crippen LogP contribution >= 0.6 is 11.6 Å². The number of aryl methyl sites for hydroxylation is 3. The predicted octanol–water partition coefficient (Wildman–Crippen LogP) is 1.78. The molecule has 124 valence electrons. The summed E-state index contributed by atoms with van der Waals surface area (Å²) in [5.41, 5.74) is 0.533. The van der Waals surface area contributed by atoms with Crippen LogP contribution in [0, 0.1) is 17.0 Å². The van der Waals surface area contributed by atoms with Crippen LogP contribution < -0.4 is 0 Å². The highest BCUT2D eigenvalue weighted by molar-refractivity contribution is 6.31. The topological polar surface area (TPSA) is 99.1 Å². The van der Waals surface area contributed by atoms with Gasteiger partial charge in [0.2, 0.25) is 5.69 Å². The maximum atomic E-state index is 12.6. The highest BCUT2D eigenvalue weighted by Crippen LogP contribution is 2.24. The van der Waals surface area contributed by atoms with Gasteiger partial charge in [-0.2, -0.15) is 10.2 Å². The van der Waals surface area contributed by atoms with Crippen molar-refractivity contribution in [1.29, 1.82) is 0 Å². The molecule has 0 aliphatic heterocycles. The highest BCUT2D eigenvalue weighted by atomic mass is 35.5. The molecule has 0 aromatic carbocycles. The molecule has 0 atom stereocenters. The van der Waals surface area contributed by atoms with Crippen molar-refractivity contribution in [3.8, 4) is 0 Å². The summed E-state index contributed by atoms with van der Waals surface area (Å²) in [6.07, 6.45) is 1.51. The van der Waals surface area contributed by atoms with E-state index in [9.17, 15) is 14.9 Å². The van der Waals surface area contributed by atoms with Crippen LogP contribution in [-0.2, 0) is 20.1 Å². The maximum absolute atomic E-state index is 12.6. The number of halogens is 1. The third kappa shape index (κ3) is 3.04. The minimum absolute atomic E-state index is 0.0614. The molecule has 0 radical (unpaired) electrons. The summed E-state index contributed by atoms with van der Waals surface area (Å²) in [6.45, 7) is 4.20. The first-order valence-corrected chi connectivity index (χ1v) is 7.29. The van der Waals surface area contributed by atoms with Crippen molar-refractivity contribution in [3.63, 3.8) is 0 Å². The lowest BCUT2D eigenvalue weighted by molar-refractivity contribution is -0.385. The number of hydrogen-bond acceptors (Lipinski definition) is 5. The molecule has 2 rings (SSSR count). The molecule has 2 aromatic heterocycles. The molecule has 0 N–H and O–H groups in total. The monoisotopic (exact) mass is 340 g/mol. The second-order valence-electron chi connectivity index (χ2n) is 5.08.